The summed E-state index contributed by atoms with van der Waals surface area (Å²) in [5, 5.41) is 11.9. The molecule has 2 heterocycles. The summed E-state index contributed by atoms with van der Waals surface area (Å²) in [5.41, 5.74) is 0. The fraction of sp³-hybridized carbons (Fsp3) is 0.857. The Bertz CT molecular complexity index is 385. The number of nitrogens with one attached hydrogen (secondary N) is 1. The smallest absolute Gasteiger partial charge is 0.149 e. The topological polar surface area (TPSA) is 52.0 Å². The summed E-state index contributed by atoms with van der Waals surface area (Å²) in [6, 6.07) is 0.553. The molecule has 0 saturated carbocycles. The Balaban J connectivity index is 2.02. The molecule has 1 saturated heterocycles. The number of aryl methyl sites for hydroxylation is 1. The molecule has 0 bridgehead atoms. The van der Waals surface area contributed by atoms with Gasteiger partial charge < -0.3 is 14.6 Å². The number of hydrogen-bond donors (Lipinski definition) is 1. The van der Waals surface area contributed by atoms with Gasteiger partial charge >= 0.3 is 0 Å². The standard InChI is InChI=1S/C14H26N4O/c1-10(2)13(14-17-15-9-18(14)4)16-11(3)12-7-5-6-8-19-12/h9-13,16H,5-8H2,1-4H3. The Labute approximate surface area is 115 Å². The van der Waals surface area contributed by atoms with E-state index in [4.69, 9.17) is 4.74 Å². The minimum absolute atomic E-state index is 0.216. The number of nitrogens with zero attached hydrogens (tertiary/aromatic N) is 3. The highest BCUT2D eigenvalue weighted by molar-refractivity contribution is 4.97. The van der Waals surface area contributed by atoms with Crippen molar-refractivity contribution >= 4 is 0 Å². The SMILES string of the molecule is CC(C)C(NC(C)C1CCCCO1)c1nncn1C. The zero-order valence-electron chi connectivity index (χ0n) is 12.5. The normalized spacial score (nSPS) is 23.5. The van der Waals surface area contributed by atoms with Gasteiger partial charge in [0, 0.05) is 19.7 Å². The highest BCUT2D eigenvalue weighted by Gasteiger charge is 2.27. The van der Waals surface area contributed by atoms with E-state index < -0.39 is 0 Å². The quantitative estimate of drug-likeness (QED) is 0.886. The first kappa shape index (κ1) is 14.5. The molecule has 1 aliphatic heterocycles. The average molecular weight is 266 g/mol. The van der Waals surface area contributed by atoms with Crippen molar-refractivity contribution in [1.82, 2.24) is 20.1 Å². The van der Waals surface area contributed by atoms with Gasteiger partial charge in [0.05, 0.1) is 12.1 Å². The molecule has 0 amide bonds. The van der Waals surface area contributed by atoms with Crippen LogP contribution in [0.15, 0.2) is 6.33 Å². The first-order chi connectivity index (χ1) is 9.09. The third-order valence-electron chi connectivity index (χ3n) is 3.91. The van der Waals surface area contributed by atoms with E-state index in [1.165, 1.54) is 12.8 Å². The zero-order chi connectivity index (χ0) is 13.8. The summed E-state index contributed by atoms with van der Waals surface area (Å²) in [7, 11) is 1.99. The van der Waals surface area contributed by atoms with E-state index in [-0.39, 0.29) is 6.04 Å². The molecule has 1 aromatic rings. The molecule has 3 atom stereocenters. The lowest BCUT2D eigenvalue weighted by Gasteiger charge is -2.32. The van der Waals surface area contributed by atoms with Crippen molar-refractivity contribution in [2.24, 2.45) is 13.0 Å². The Morgan fingerprint density at radius 1 is 1.37 bits per heavy atom. The molecule has 1 aliphatic rings. The van der Waals surface area contributed by atoms with Crippen molar-refractivity contribution in [3.8, 4) is 0 Å². The maximum absolute atomic E-state index is 5.86. The summed E-state index contributed by atoms with van der Waals surface area (Å²) < 4.78 is 7.85. The first-order valence-corrected chi connectivity index (χ1v) is 7.31. The molecule has 2 rings (SSSR count). The maximum Gasteiger partial charge on any atom is 0.149 e. The fourth-order valence-electron chi connectivity index (χ4n) is 2.69. The minimum atomic E-state index is 0.216. The summed E-state index contributed by atoms with van der Waals surface area (Å²) >= 11 is 0. The van der Waals surface area contributed by atoms with Gasteiger partial charge in [0.15, 0.2) is 0 Å². The molecule has 0 aliphatic carbocycles. The van der Waals surface area contributed by atoms with Crippen LogP contribution in [-0.2, 0) is 11.8 Å². The number of hydrogen-bond acceptors (Lipinski definition) is 4. The molecule has 19 heavy (non-hydrogen) atoms. The average Bonchev–Trinajstić information content (AvgIpc) is 2.82. The van der Waals surface area contributed by atoms with Crippen LogP contribution in [0.4, 0.5) is 0 Å². The van der Waals surface area contributed by atoms with Crippen LogP contribution in [0.5, 0.6) is 0 Å². The molecule has 0 radical (unpaired) electrons. The highest BCUT2D eigenvalue weighted by Crippen LogP contribution is 2.23. The predicted molar refractivity (Wildman–Crippen MR) is 74.8 cm³/mol. The summed E-state index contributed by atoms with van der Waals surface area (Å²) in [5.74, 6) is 1.46. The first-order valence-electron chi connectivity index (χ1n) is 7.31. The molecule has 5 heteroatoms. The molecular weight excluding hydrogens is 240 g/mol. The van der Waals surface area contributed by atoms with Crippen molar-refractivity contribution in [3.63, 3.8) is 0 Å². The largest absolute Gasteiger partial charge is 0.377 e. The molecule has 1 aromatic heterocycles. The number of rotatable bonds is 5. The van der Waals surface area contributed by atoms with Gasteiger partial charge in [0.2, 0.25) is 0 Å². The van der Waals surface area contributed by atoms with E-state index in [1.54, 1.807) is 6.33 Å². The van der Waals surface area contributed by atoms with Gasteiger partial charge in [-0.05, 0) is 32.1 Å². The van der Waals surface area contributed by atoms with E-state index in [9.17, 15) is 0 Å². The molecule has 1 N–H and O–H groups in total. The monoisotopic (exact) mass is 266 g/mol. The maximum atomic E-state index is 5.86. The third kappa shape index (κ3) is 3.54. The van der Waals surface area contributed by atoms with E-state index in [0.29, 0.717) is 18.1 Å². The summed E-state index contributed by atoms with van der Waals surface area (Å²) in [4.78, 5) is 0. The fourth-order valence-corrected chi connectivity index (χ4v) is 2.69. The summed E-state index contributed by atoms with van der Waals surface area (Å²) in [6.07, 6.45) is 5.70. The van der Waals surface area contributed by atoms with Crippen molar-refractivity contribution in [2.75, 3.05) is 6.61 Å². The lowest BCUT2D eigenvalue weighted by Crippen LogP contribution is -2.44. The molecule has 1 fully saturated rings. The van der Waals surface area contributed by atoms with Gasteiger partial charge in [-0.25, -0.2) is 0 Å². The van der Waals surface area contributed by atoms with Crippen molar-refractivity contribution < 1.29 is 4.74 Å². The Morgan fingerprint density at radius 3 is 2.68 bits per heavy atom. The molecule has 0 aromatic carbocycles. The van der Waals surface area contributed by atoms with Crippen molar-refractivity contribution in [2.45, 2.75) is 58.2 Å². The molecule has 108 valence electrons. The second-order valence-electron chi connectivity index (χ2n) is 5.88. The van der Waals surface area contributed by atoms with Crippen LogP contribution in [0.2, 0.25) is 0 Å². The second kappa shape index (κ2) is 6.48. The third-order valence-corrected chi connectivity index (χ3v) is 3.91. The van der Waals surface area contributed by atoms with Crippen LogP contribution in [0.25, 0.3) is 0 Å². The van der Waals surface area contributed by atoms with Crippen LogP contribution in [-0.4, -0.2) is 33.5 Å². The highest BCUT2D eigenvalue weighted by atomic mass is 16.5. The Morgan fingerprint density at radius 2 is 2.16 bits per heavy atom. The molecular formula is C14H26N4O. The van der Waals surface area contributed by atoms with Crippen LogP contribution in [0.1, 0.15) is 51.9 Å². The van der Waals surface area contributed by atoms with Gasteiger partial charge in [0.25, 0.3) is 0 Å². The van der Waals surface area contributed by atoms with E-state index >= 15 is 0 Å². The van der Waals surface area contributed by atoms with Gasteiger partial charge in [-0.1, -0.05) is 13.8 Å². The molecule has 3 unspecified atom stereocenters. The van der Waals surface area contributed by atoms with Gasteiger partial charge in [0.1, 0.15) is 12.2 Å². The lowest BCUT2D eigenvalue weighted by atomic mass is 9.98. The zero-order valence-corrected chi connectivity index (χ0v) is 12.5. The van der Waals surface area contributed by atoms with E-state index in [1.807, 2.05) is 11.6 Å². The second-order valence-corrected chi connectivity index (χ2v) is 5.88. The lowest BCUT2D eigenvalue weighted by molar-refractivity contribution is -0.00760. The van der Waals surface area contributed by atoms with E-state index in [2.05, 4.69) is 36.3 Å². The molecule has 0 spiro atoms. The van der Waals surface area contributed by atoms with Crippen LogP contribution in [0, 0.1) is 5.92 Å². The minimum Gasteiger partial charge on any atom is -0.377 e. The van der Waals surface area contributed by atoms with Crippen LogP contribution >= 0.6 is 0 Å². The summed E-state index contributed by atoms with van der Waals surface area (Å²) in [6.45, 7) is 7.52. The van der Waals surface area contributed by atoms with Gasteiger partial charge in [-0.2, -0.15) is 0 Å². The molecule has 5 nitrogen and oxygen atoms in total. The number of ether oxygens (including phenoxy) is 1. The number of aromatic nitrogens is 3. The van der Waals surface area contributed by atoms with Crippen LogP contribution in [0.3, 0.4) is 0 Å². The van der Waals surface area contributed by atoms with Gasteiger partial charge in [-0.3, -0.25) is 0 Å². The van der Waals surface area contributed by atoms with Crippen LogP contribution < -0.4 is 5.32 Å². The Kier molecular flexibility index (Phi) is 4.93. The van der Waals surface area contributed by atoms with Gasteiger partial charge in [-0.15, -0.1) is 10.2 Å². The van der Waals surface area contributed by atoms with E-state index in [0.717, 1.165) is 18.9 Å². The Hall–Kier alpha value is -0.940. The predicted octanol–water partition coefficient (Wildman–Crippen LogP) is 2.06. The van der Waals surface area contributed by atoms with Crippen molar-refractivity contribution in [3.05, 3.63) is 12.2 Å². The van der Waals surface area contributed by atoms with Crippen molar-refractivity contribution in [1.29, 1.82) is 0 Å².